The van der Waals surface area contributed by atoms with Crippen LogP contribution in [0, 0.1) is 5.82 Å². The van der Waals surface area contributed by atoms with E-state index in [0.717, 1.165) is 44.0 Å². The van der Waals surface area contributed by atoms with E-state index in [1.54, 1.807) is 12.1 Å². The average molecular weight is 300 g/mol. The lowest BCUT2D eigenvalue weighted by Crippen LogP contribution is -2.42. The van der Waals surface area contributed by atoms with Gasteiger partial charge >= 0.3 is 0 Å². The van der Waals surface area contributed by atoms with Crippen molar-refractivity contribution >= 4 is 0 Å². The number of piperazine rings is 1. The first-order valence-electron chi connectivity index (χ1n) is 7.69. The maximum atomic E-state index is 12.8. The quantitative estimate of drug-likeness (QED) is 0.919. The van der Waals surface area contributed by atoms with Crippen molar-refractivity contribution in [3.05, 3.63) is 65.5 Å². The van der Waals surface area contributed by atoms with Crippen molar-refractivity contribution < 1.29 is 9.13 Å². The van der Waals surface area contributed by atoms with Gasteiger partial charge in [-0.05, 0) is 35.4 Å². The smallest absolute Gasteiger partial charge is 0.123 e. The van der Waals surface area contributed by atoms with Crippen LogP contribution in [-0.2, 0) is 13.2 Å². The molecule has 1 saturated heterocycles. The van der Waals surface area contributed by atoms with Crippen molar-refractivity contribution in [2.45, 2.75) is 13.2 Å². The molecule has 1 N–H and O–H groups in total. The Morgan fingerprint density at radius 1 is 0.909 bits per heavy atom. The Kier molecular flexibility index (Phi) is 5.03. The molecule has 0 aliphatic carbocycles. The number of nitrogens with one attached hydrogen (secondary N) is 1. The van der Waals surface area contributed by atoms with Gasteiger partial charge in [-0.2, -0.15) is 0 Å². The van der Waals surface area contributed by atoms with Gasteiger partial charge in [-0.1, -0.05) is 24.3 Å². The molecule has 0 bridgehead atoms. The van der Waals surface area contributed by atoms with Gasteiger partial charge in [0, 0.05) is 32.7 Å². The number of halogens is 1. The SMILES string of the molecule is Fc1ccc(COc2ccc(CN3CCNCC3)cc2)cc1. The molecule has 1 aliphatic rings. The topological polar surface area (TPSA) is 24.5 Å². The van der Waals surface area contributed by atoms with Crippen molar-refractivity contribution in [2.75, 3.05) is 26.2 Å². The summed E-state index contributed by atoms with van der Waals surface area (Å²) in [5.74, 6) is 0.620. The van der Waals surface area contributed by atoms with Crippen LogP contribution >= 0.6 is 0 Å². The van der Waals surface area contributed by atoms with E-state index >= 15 is 0 Å². The lowest BCUT2D eigenvalue weighted by molar-refractivity contribution is 0.233. The number of benzene rings is 2. The summed E-state index contributed by atoms with van der Waals surface area (Å²) in [6.45, 7) is 5.78. The molecular formula is C18H21FN2O. The zero-order valence-electron chi connectivity index (χ0n) is 12.6. The van der Waals surface area contributed by atoms with Gasteiger partial charge in [0.05, 0.1) is 0 Å². The molecule has 0 aromatic heterocycles. The molecule has 0 spiro atoms. The zero-order chi connectivity index (χ0) is 15.2. The first kappa shape index (κ1) is 15.0. The van der Waals surface area contributed by atoms with Gasteiger partial charge in [0.2, 0.25) is 0 Å². The third-order valence-electron chi connectivity index (χ3n) is 3.86. The summed E-state index contributed by atoms with van der Waals surface area (Å²) >= 11 is 0. The number of rotatable bonds is 5. The van der Waals surface area contributed by atoms with Gasteiger partial charge in [-0.15, -0.1) is 0 Å². The molecule has 2 aromatic carbocycles. The van der Waals surface area contributed by atoms with E-state index in [-0.39, 0.29) is 5.82 Å². The van der Waals surface area contributed by atoms with Crippen molar-refractivity contribution in [3.63, 3.8) is 0 Å². The van der Waals surface area contributed by atoms with Crippen LogP contribution in [-0.4, -0.2) is 31.1 Å². The number of hydrogen-bond donors (Lipinski definition) is 1. The summed E-state index contributed by atoms with van der Waals surface area (Å²) in [6.07, 6.45) is 0. The highest BCUT2D eigenvalue weighted by Crippen LogP contribution is 2.16. The minimum atomic E-state index is -0.221. The molecule has 0 unspecified atom stereocenters. The molecule has 0 amide bonds. The Morgan fingerprint density at radius 2 is 1.55 bits per heavy atom. The Morgan fingerprint density at radius 3 is 2.23 bits per heavy atom. The minimum absolute atomic E-state index is 0.221. The van der Waals surface area contributed by atoms with E-state index in [9.17, 15) is 4.39 Å². The highest BCUT2D eigenvalue weighted by Gasteiger charge is 2.09. The third kappa shape index (κ3) is 4.29. The highest BCUT2D eigenvalue weighted by molar-refractivity contribution is 5.28. The maximum Gasteiger partial charge on any atom is 0.123 e. The molecule has 22 heavy (non-hydrogen) atoms. The molecule has 0 atom stereocenters. The number of nitrogens with zero attached hydrogens (tertiary/aromatic N) is 1. The van der Waals surface area contributed by atoms with E-state index in [2.05, 4.69) is 22.3 Å². The second-order valence-corrected chi connectivity index (χ2v) is 5.59. The number of ether oxygens (including phenoxy) is 1. The van der Waals surface area contributed by atoms with Gasteiger partial charge in [0.15, 0.2) is 0 Å². The van der Waals surface area contributed by atoms with Gasteiger partial charge in [-0.3, -0.25) is 4.90 Å². The molecular weight excluding hydrogens is 279 g/mol. The van der Waals surface area contributed by atoms with Crippen LogP contribution < -0.4 is 10.1 Å². The fraction of sp³-hybridized carbons (Fsp3) is 0.333. The maximum absolute atomic E-state index is 12.8. The standard InChI is InChI=1S/C18H21FN2O/c19-17-5-1-16(2-6-17)14-22-18-7-3-15(4-8-18)13-21-11-9-20-10-12-21/h1-8,20H,9-14H2. The summed E-state index contributed by atoms with van der Waals surface area (Å²) in [6, 6.07) is 14.6. The predicted molar refractivity (Wildman–Crippen MR) is 85.3 cm³/mol. The van der Waals surface area contributed by atoms with E-state index in [0.29, 0.717) is 6.61 Å². The summed E-state index contributed by atoms with van der Waals surface area (Å²) in [5, 5.41) is 3.36. The van der Waals surface area contributed by atoms with Crippen molar-refractivity contribution in [3.8, 4) is 5.75 Å². The predicted octanol–water partition coefficient (Wildman–Crippen LogP) is 2.81. The van der Waals surface area contributed by atoms with Gasteiger partial charge < -0.3 is 10.1 Å². The first-order valence-corrected chi connectivity index (χ1v) is 7.69. The summed E-state index contributed by atoms with van der Waals surface area (Å²) in [4.78, 5) is 2.45. The lowest BCUT2D eigenvalue weighted by atomic mass is 10.2. The molecule has 4 heteroatoms. The van der Waals surface area contributed by atoms with Gasteiger partial charge in [0.25, 0.3) is 0 Å². The van der Waals surface area contributed by atoms with Crippen LogP contribution in [0.25, 0.3) is 0 Å². The number of hydrogen-bond acceptors (Lipinski definition) is 3. The van der Waals surface area contributed by atoms with E-state index in [4.69, 9.17) is 4.74 Å². The Labute approximate surface area is 130 Å². The first-order chi connectivity index (χ1) is 10.8. The van der Waals surface area contributed by atoms with Crippen molar-refractivity contribution in [2.24, 2.45) is 0 Å². The molecule has 3 rings (SSSR count). The third-order valence-corrected chi connectivity index (χ3v) is 3.86. The summed E-state index contributed by atoms with van der Waals surface area (Å²) in [7, 11) is 0. The van der Waals surface area contributed by atoms with E-state index in [1.165, 1.54) is 17.7 Å². The van der Waals surface area contributed by atoms with Crippen molar-refractivity contribution in [1.29, 1.82) is 0 Å². The summed E-state index contributed by atoms with van der Waals surface area (Å²) in [5.41, 5.74) is 2.27. The second-order valence-electron chi connectivity index (χ2n) is 5.59. The van der Waals surface area contributed by atoms with Gasteiger partial charge in [-0.25, -0.2) is 4.39 Å². The van der Waals surface area contributed by atoms with Crippen LogP contribution in [0.15, 0.2) is 48.5 Å². The molecule has 1 aliphatic heterocycles. The van der Waals surface area contributed by atoms with Crippen LogP contribution in [0.2, 0.25) is 0 Å². The van der Waals surface area contributed by atoms with Crippen LogP contribution in [0.5, 0.6) is 5.75 Å². The Hall–Kier alpha value is -1.91. The summed E-state index contributed by atoms with van der Waals surface area (Å²) < 4.78 is 18.6. The Bertz CT molecular complexity index is 577. The molecule has 3 nitrogen and oxygen atoms in total. The lowest BCUT2D eigenvalue weighted by Gasteiger charge is -2.27. The molecule has 1 fully saturated rings. The fourth-order valence-corrected chi connectivity index (χ4v) is 2.57. The molecule has 2 aromatic rings. The highest BCUT2D eigenvalue weighted by atomic mass is 19.1. The molecule has 0 saturated carbocycles. The monoisotopic (exact) mass is 300 g/mol. The van der Waals surface area contributed by atoms with E-state index in [1.807, 2.05) is 12.1 Å². The van der Waals surface area contributed by atoms with Crippen LogP contribution in [0.1, 0.15) is 11.1 Å². The van der Waals surface area contributed by atoms with Gasteiger partial charge in [0.1, 0.15) is 18.2 Å². The largest absolute Gasteiger partial charge is 0.489 e. The van der Waals surface area contributed by atoms with E-state index < -0.39 is 0 Å². The minimum Gasteiger partial charge on any atom is -0.489 e. The molecule has 0 radical (unpaired) electrons. The van der Waals surface area contributed by atoms with Crippen LogP contribution in [0.4, 0.5) is 4.39 Å². The molecule has 1 heterocycles. The average Bonchev–Trinajstić information content (AvgIpc) is 2.57. The second kappa shape index (κ2) is 7.38. The zero-order valence-corrected chi connectivity index (χ0v) is 12.6. The molecule has 116 valence electrons. The Balaban J connectivity index is 1.51. The normalized spacial score (nSPS) is 15.7. The fourth-order valence-electron chi connectivity index (χ4n) is 2.57. The van der Waals surface area contributed by atoms with Crippen molar-refractivity contribution in [1.82, 2.24) is 10.2 Å². The van der Waals surface area contributed by atoms with Crippen LogP contribution in [0.3, 0.4) is 0 Å².